The second-order valence-electron chi connectivity index (χ2n) is 7.33. The van der Waals surface area contributed by atoms with Gasteiger partial charge in [0.2, 0.25) is 0 Å². The summed E-state index contributed by atoms with van der Waals surface area (Å²) in [6, 6.07) is 0. The maximum atomic E-state index is 10.4. The molecule has 0 saturated heterocycles. The highest BCUT2D eigenvalue weighted by atomic mass is 17.2. The molecule has 5 nitrogen and oxygen atoms in total. The molecule has 0 heterocycles. The molecule has 0 saturated carbocycles. The first-order valence-corrected chi connectivity index (χ1v) is 10.7. The molecule has 0 amide bonds. The lowest BCUT2D eigenvalue weighted by atomic mass is 10.1. The predicted octanol–water partition coefficient (Wildman–Crippen LogP) is 6.53. The molecule has 1 atom stereocenters. The molecule has 0 aliphatic carbocycles. The van der Waals surface area contributed by atoms with Crippen molar-refractivity contribution in [2.75, 3.05) is 7.11 Å². The summed E-state index contributed by atoms with van der Waals surface area (Å²) in [6.07, 6.45) is 24.2. The van der Waals surface area contributed by atoms with Crippen molar-refractivity contribution in [1.29, 1.82) is 0 Å². The number of carboxylic acids is 1. The molecule has 29 heavy (non-hydrogen) atoms. The van der Waals surface area contributed by atoms with Gasteiger partial charge in [0.1, 0.15) is 6.10 Å². The van der Waals surface area contributed by atoms with Crippen LogP contribution < -0.4 is 0 Å². The standard InChI is InChI=1S/C24H40O5/c1-5-6-16-19-22(28-29-24(2,3)27-4)20-17-14-12-10-8-7-9-11-13-15-18-21-23(25)26/h7-8,11-14,17,20,22H,5-6,9-10,15-16,18-19,21H2,1-4H3,(H,25,26)/b8-7-,13-11-,14-12-,20-17+/t22-/m0/s1. The van der Waals surface area contributed by atoms with E-state index in [-0.39, 0.29) is 12.5 Å². The summed E-state index contributed by atoms with van der Waals surface area (Å²) < 4.78 is 5.22. The van der Waals surface area contributed by atoms with E-state index in [0.717, 1.165) is 32.1 Å². The highest BCUT2D eigenvalue weighted by Gasteiger charge is 2.20. The Morgan fingerprint density at radius 3 is 2.34 bits per heavy atom. The Bertz CT molecular complexity index is 517. The highest BCUT2D eigenvalue weighted by molar-refractivity contribution is 5.66. The molecule has 0 fully saturated rings. The number of hydrogen-bond acceptors (Lipinski definition) is 4. The zero-order valence-electron chi connectivity index (χ0n) is 18.6. The third-order valence-electron chi connectivity index (χ3n) is 4.17. The van der Waals surface area contributed by atoms with Gasteiger partial charge < -0.3 is 9.84 Å². The van der Waals surface area contributed by atoms with Crippen molar-refractivity contribution in [3.8, 4) is 0 Å². The molecule has 0 aromatic rings. The number of ether oxygens (including phenoxy) is 1. The third-order valence-corrected chi connectivity index (χ3v) is 4.17. The van der Waals surface area contributed by atoms with Gasteiger partial charge in [-0.3, -0.25) is 4.79 Å². The summed E-state index contributed by atoms with van der Waals surface area (Å²) in [5.74, 6) is -1.49. The fraction of sp³-hybridized carbons (Fsp3) is 0.625. The van der Waals surface area contributed by atoms with Gasteiger partial charge in [0.15, 0.2) is 5.79 Å². The van der Waals surface area contributed by atoms with Crippen LogP contribution in [0.5, 0.6) is 0 Å². The van der Waals surface area contributed by atoms with Gasteiger partial charge in [0.25, 0.3) is 0 Å². The van der Waals surface area contributed by atoms with Crippen LogP contribution in [-0.4, -0.2) is 30.1 Å². The van der Waals surface area contributed by atoms with E-state index in [1.54, 1.807) is 7.11 Å². The van der Waals surface area contributed by atoms with Gasteiger partial charge in [0, 0.05) is 13.5 Å². The summed E-state index contributed by atoms with van der Waals surface area (Å²) >= 11 is 0. The molecular weight excluding hydrogens is 368 g/mol. The topological polar surface area (TPSA) is 65.0 Å². The van der Waals surface area contributed by atoms with E-state index in [2.05, 4.69) is 31.2 Å². The molecule has 0 radical (unpaired) electrons. The monoisotopic (exact) mass is 408 g/mol. The van der Waals surface area contributed by atoms with E-state index in [0.29, 0.717) is 6.42 Å². The number of aliphatic carboxylic acids is 1. The van der Waals surface area contributed by atoms with Gasteiger partial charge in [0.05, 0.1) is 0 Å². The lowest BCUT2D eigenvalue weighted by Gasteiger charge is -2.24. The SMILES string of the molecule is CCCCC[C@@H](/C=C/C=C\C/C=C\C/C=C\CCCC(=O)O)OOC(C)(C)OC. The molecule has 0 aromatic carbocycles. The molecule has 0 aromatic heterocycles. The summed E-state index contributed by atoms with van der Waals surface area (Å²) in [6.45, 7) is 5.82. The first kappa shape index (κ1) is 27.3. The van der Waals surface area contributed by atoms with Crippen molar-refractivity contribution in [2.24, 2.45) is 0 Å². The summed E-state index contributed by atoms with van der Waals surface area (Å²) in [5.41, 5.74) is 0. The molecule has 1 N–H and O–H groups in total. The van der Waals surface area contributed by atoms with Gasteiger partial charge in [-0.1, -0.05) is 74.8 Å². The second-order valence-corrected chi connectivity index (χ2v) is 7.33. The lowest BCUT2D eigenvalue weighted by molar-refractivity contribution is -0.425. The Labute approximate surface area is 177 Å². The number of carbonyl (C=O) groups is 1. The first-order valence-electron chi connectivity index (χ1n) is 10.7. The maximum absolute atomic E-state index is 10.4. The average Bonchev–Trinajstić information content (AvgIpc) is 2.69. The lowest BCUT2D eigenvalue weighted by Crippen LogP contribution is -2.29. The van der Waals surface area contributed by atoms with Gasteiger partial charge in [-0.25, -0.2) is 9.78 Å². The maximum Gasteiger partial charge on any atom is 0.303 e. The molecule has 0 spiro atoms. The molecule has 0 aliphatic heterocycles. The predicted molar refractivity (Wildman–Crippen MR) is 118 cm³/mol. The van der Waals surface area contributed by atoms with Gasteiger partial charge >= 0.3 is 5.97 Å². The Balaban J connectivity index is 4.14. The largest absolute Gasteiger partial charge is 0.481 e. The van der Waals surface area contributed by atoms with E-state index in [9.17, 15) is 4.79 Å². The number of allylic oxidation sites excluding steroid dienone is 7. The third kappa shape index (κ3) is 19.4. The van der Waals surface area contributed by atoms with Crippen LogP contribution >= 0.6 is 0 Å². The molecule has 0 bridgehead atoms. The van der Waals surface area contributed by atoms with Crippen molar-refractivity contribution in [1.82, 2.24) is 0 Å². The molecule has 166 valence electrons. The van der Waals surface area contributed by atoms with Crippen LogP contribution in [-0.2, 0) is 19.3 Å². The number of hydrogen-bond donors (Lipinski definition) is 1. The Morgan fingerprint density at radius 1 is 1.00 bits per heavy atom. The van der Waals surface area contributed by atoms with Crippen molar-refractivity contribution in [3.05, 3.63) is 48.6 Å². The Hall–Kier alpha value is -1.69. The van der Waals surface area contributed by atoms with Crippen molar-refractivity contribution < 1.29 is 24.4 Å². The number of carboxylic acid groups (broad SMARTS) is 1. The number of unbranched alkanes of at least 4 members (excludes halogenated alkanes) is 3. The number of methoxy groups -OCH3 is 1. The zero-order valence-corrected chi connectivity index (χ0v) is 18.6. The van der Waals surface area contributed by atoms with Crippen LogP contribution in [0.3, 0.4) is 0 Å². The van der Waals surface area contributed by atoms with Gasteiger partial charge in [-0.15, -0.1) is 0 Å². The minimum Gasteiger partial charge on any atom is -0.481 e. The van der Waals surface area contributed by atoms with E-state index < -0.39 is 11.8 Å². The van der Waals surface area contributed by atoms with Crippen LogP contribution in [0.2, 0.25) is 0 Å². The van der Waals surface area contributed by atoms with Crippen molar-refractivity contribution >= 4 is 5.97 Å². The average molecular weight is 409 g/mol. The molecule has 0 unspecified atom stereocenters. The van der Waals surface area contributed by atoms with Crippen LogP contribution in [0.15, 0.2) is 48.6 Å². The van der Waals surface area contributed by atoms with Crippen LogP contribution in [0.1, 0.15) is 78.6 Å². The molecular formula is C24H40O5. The first-order chi connectivity index (χ1) is 13.9. The molecule has 0 aliphatic rings. The van der Waals surface area contributed by atoms with Crippen molar-refractivity contribution in [2.45, 2.75) is 90.4 Å². The second kappa shape index (κ2) is 18.3. The quantitative estimate of drug-likeness (QED) is 0.0698. The minimum absolute atomic E-state index is 0.0950. The van der Waals surface area contributed by atoms with Crippen LogP contribution in [0.25, 0.3) is 0 Å². The fourth-order valence-electron chi connectivity index (χ4n) is 2.26. The van der Waals surface area contributed by atoms with Crippen LogP contribution in [0, 0.1) is 0 Å². The minimum atomic E-state index is -0.762. The Morgan fingerprint density at radius 2 is 1.69 bits per heavy atom. The molecule has 5 heteroatoms. The highest BCUT2D eigenvalue weighted by Crippen LogP contribution is 2.15. The van der Waals surface area contributed by atoms with E-state index in [4.69, 9.17) is 19.6 Å². The summed E-state index contributed by atoms with van der Waals surface area (Å²) in [7, 11) is 1.59. The smallest absolute Gasteiger partial charge is 0.303 e. The fourth-order valence-corrected chi connectivity index (χ4v) is 2.26. The van der Waals surface area contributed by atoms with E-state index in [1.807, 2.05) is 38.2 Å². The van der Waals surface area contributed by atoms with Crippen molar-refractivity contribution in [3.63, 3.8) is 0 Å². The zero-order chi connectivity index (χ0) is 21.8. The van der Waals surface area contributed by atoms with Crippen LogP contribution in [0.4, 0.5) is 0 Å². The molecule has 0 rings (SSSR count). The number of rotatable bonds is 18. The van der Waals surface area contributed by atoms with Gasteiger partial charge in [-0.2, -0.15) is 0 Å². The normalized spacial score (nSPS) is 14.1. The Kier molecular flexibility index (Phi) is 17.3. The van der Waals surface area contributed by atoms with Gasteiger partial charge in [-0.05, 0) is 46.0 Å². The summed E-state index contributed by atoms with van der Waals surface area (Å²) in [4.78, 5) is 21.4. The van der Waals surface area contributed by atoms with E-state index in [1.165, 1.54) is 12.8 Å². The summed E-state index contributed by atoms with van der Waals surface area (Å²) in [5, 5.41) is 8.56. The van der Waals surface area contributed by atoms with E-state index >= 15 is 0 Å².